The fourth-order valence-electron chi connectivity index (χ4n) is 0.740. The SMILES string of the molecule is CN(CC/C=N/O)C(=O)OC(C)(C)C. The number of rotatable bonds is 3. The molecule has 0 bridgehead atoms. The van der Waals surface area contributed by atoms with Crippen molar-refractivity contribution in [2.24, 2.45) is 5.16 Å². The van der Waals surface area contributed by atoms with Crippen molar-refractivity contribution in [2.75, 3.05) is 13.6 Å². The Morgan fingerprint density at radius 3 is 2.57 bits per heavy atom. The van der Waals surface area contributed by atoms with Gasteiger partial charge in [-0.25, -0.2) is 4.79 Å². The van der Waals surface area contributed by atoms with Gasteiger partial charge in [0.2, 0.25) is 0 Å². The molecule has 0 fully saturated rings. The average molecular weight is 202 g/mol. The molecule has 0 aromatic carbocycles. The highest BCUT2D eigenvalue weighted by Gasteiger charge is 2.18. The zero-order valence-electron chi connectivity index (χ0n) is 9.15. The molecule has 0 atom stereocenters. The molecule has 0 unspecified atom stereocenters. The Bertz CT molecular complexity index is 209. The summed E-state index contributed by atoms with van der Waals surface area (Å²) in [6.45, 7) is 5.91. The van der Waals surface area contributed by atoms with Crippen molar-refractivity contribution in [1.82, 2.24) is 4.90 Å². The summed E-state index contributed by atoms with van der Waals surface area (Å²) in [6.07, 6.45) is 1.47. The number of carbonyl (C=O) groups is 1. The molecule has 0 heterocycles. The van der Waals surface area contributed by atoms with E-state index in [2.05, 4.69) is 5.16 Å². The summed E-state index contributed by atoms with van der Waals surface area (Å²) in [5.74, 6) is 0. The van der Waals surface area contributed by atoms with Crippen LogP contribution in [0.2, 0.25) is 0 Å². The van der Waals surface area contributed by atoms with Crippen LogP contribution in [0.5, 0.6) is 0 Å². The molecular formula is C9H18N2O3. The molecular weight excluding hydrogens is 184 g/mol. The van der Waals surface area contributed by atoms with Crippen molar-refractivity contribution in [1.29, 1.82) is 0 Å². The first-order chi connectivity index (χ1) is 6.37. The van der Waals surface area contributed by atoms with E-state index in [1.165, 1.54) is 11.1 Å². The fourth-order valence-corrected chi connectivity index (χ4v) is 0.740. The van der Waals surface area contributed by atoms with Crippen LogP contribution in [-0.2, 0) is 4.74 Å². The van der Waals surface area contributed by atoms with Gasteiger partial charge in [0.25, 0.3) is 0 Å². The van der Waals surface area contributed by atoms with E-state index < -0.39 is 5.60 Å². The van der Waals surface area contributed by atoms with E-state index in [9.17, 15) is 4.79 Å². The van der Waals surface area contributed by atoms with Gasteiger partial charge in [0.15, 0.2) is 0 Å². The molecule has 0 saturated carbocycles. The van der Waals surface area contributed by atoms with Crippen molar-refractivity contribution in [3.8, 4) is 0 Å². The molecule has 0 aliphatic carbocycles. The molecule has 5 heteroatoms. The molecule has 0 radical (unpaired) electrons. The Labute approximate surface area is 84.3 Å². The van der Waals surface area contributed by atoms with Gasteiger partial charge in [0.1, 0.15) is 5.60 Å². The van der Waals surface area contributed by atoms with Crippen LogP contribution >= 0.6 is 0 Å². The molecule has 0 aromatic rings. The molecule has 14 heavy (non-hydrogen) atoms. The largest absolute Gasteiger partial charge is 0.444 e. The number of amides is 1. The van der Waals surface area contributed by atoms with Crippen molar-refractivity contribution in [3.05, 3.63) is 0 Å². The molecule has 0 rings (SSSR count). The normalized spacial score (nSPS) is 11.7. The van der Waals surface area contributed by atoms with E-state index in [0.29, 0.717) is 13.0 Å². The van der Waals surface area contributed by atoms with E-state index in [4.69, 9.17) is 9.94 Å². The van der Waals surface area contributed by atoms with Crippen LogP contribution in [-0.4, -0.2) is 41.6 Å². The second kappa shape index (κ2) is 5.47. The first kappa shape index (κ1) is 12.7. The zero-order valence-corrected chi connectivity index (χ0v) is 9.15. The van der Waals surface area contributed by atoms with Gasteiger partial charge in [-0.2, -0.15) is 0 Å². The Hall–Kier alpha value is -1.26. The highest BCUT2D eigenvalue weighted by atomic mass is 16.6. The summed E-state index contributed by atoms with van der Waals surface area (Å²) in [4.78, 5) is 12.8. The average Bonchev–Trinajstić information content (AvgIpc) is 2.01. The number of hydrogen-bond acceptors (Lipinski definition) is 4. The fraction of sp³-hybridized carbons (Fsp3) is 0.778. The summed E-state index contributed by atoms with van der Waals surface area (Å²) >= 11 is 0. The predicted octanol–water partition coefficient (Wildman–Crippen LogP) is 1.70. The third kappa shape index (κ3) is 6.28. The Morgan fingerprint density at radius 1 is 1.57 bits per heavy atom. The molecule has 1 amide bonds. The second-order valence-corrected chi connectivity index (χ2v) is 3.99. The van der Waals surface area contributed by atoms with E-state index >= 15 is 0 Å². The first-order valence-electron chi connectivity index (χ1n) is 4.47. The number of ether oxygens (including phenoxy) is 1. The zero-order chi connectivity index (χ0) is 11.2. The molecule has 0 spiro atoms. The molecule has 5 nitrogen and oxygen atoms in total. The summed E-state index contributed by atoms with van der Waals surface area (Å²) < 4.78 is 5.11. The van der Waals surface area contributed by atoms with Crippen molar-refractivity contribution < 1.29 is 14.7 Å². The van der Waals surface area contributed by atoms with Crippen LogP contribution in [0.1, 0.15) is 27.2 Å². The van der Waals surface area contributed by atoms with Crippen LogP contribution < -0.4 is 0 Å². The van der Waals surface area contributed by atoms with Crippen LogP contribution in [0.15, 0.2) is 5.16 Å². The van der Waals surface area contributed by atoms with Gasteiger partial charge in [0.05, 0.1) is 0 Å². The molecule has 1 N–H and O–H groups in total. The van der Waals surface area contributed by atoms with Crippen LogP contribution in [0.3, 0.4) is 0 Å². The van der Waals surface area contributed by atoms with Gasteiger partial charge in [-0.05, 0) is 20.8 Å². The monoisotopic (exact) mass is 202 g/mol. The first-order valence-corrected chi connectivity index (χ1v) is 4.47. The number of oxime groups is 1. The Kier molecular flexibility index (Phi) is 4.97. The minimum atomic E-state index is -0.476. The maximum atomic E-state index is 11.3. The van der Waals surface area contributed by atoms with Gasteiger partial charge in [-0.15, -0.1) is 5.16 Å². The van der Waals surface area contributed by atoms with Gasteiger partial charge in [0, 0.05) is 26.2 Å². The van der Waals surface area contributed by atoms with E-state index in [1.807, 2.05) is 20.8 Å². The van der Waals surface area contributed by atoms with Crippen LogP contribution in [0, 0.1) is 0 Å². The minimum Gasteiger partial charge on any atom is -0.444 e. The minimum absolute atomic E-state index is 0.371. The van der Waals surface area contributed by atoms with Gasteiger partial charge in [-0.1, -0.05) is 0 Å². The lowest BCUT2D eigenvalue weighted by molar-refractivity contribution is 0.0303. The number of carbonyl (C=O) groups excluding carboxylic acids is 1. The third-order valence-corrected chi connectivity index (χ3v) is 1.38. The maximum absolute atomic E-state index is 11.3. The van der Waals surface area contributed by atoms with Crippen LogP contribution in [0.4, 0.5) is 4.79 Å². The lowest BCUT2D eigenvalue weighted by Gasteiger charge is -2.24. The van der Waals surface area contributed by atoms with Crippen molar-refractivity contribution >= 4 is 12.3 Å². The maximum Gasteiger partial charge on any atom is 0.410 e. The summed E-state index contributed by atoms with van der Waals surface area (Å²) in [5.41, 5.74) is -0.476. The van der Waals surface area contributed by atoms with Gasteiger partial charge in [-0.3, -0.25) is 0 Å². The van der Waals surface area contributed by atoms with E-state index in [-0.39, 0.29) is 6.09 Å². The number of nitrogens with zero attached hydrogens (tertiary/aromatic N) is 2. The Morgan fingerprint density at radius 2 is 2.14 bits per heavy atom. The third-order valence-electron chi connectivity index (χ3n) is 1.38. The second-order valence-electron chi connectivity index (χ2n) is 3.99. The lowest BCUT2D eigenvalue weighted by atomic mass is 10.2. The summed E-state index contributed by atoms with van der Waals surface area (Å²) in [7, 11) is 1.64. The topological polar surface area (TPSA) is 62.1 Å². The standard InChI is InChI=1S/C9H18N2O3/c1-9(2,3)14-8(12)11(4)7-5-6-10-13/h6,13H,5,7H2,1-4H3/b10-6+. The van der Waals surface area contributed by atoms with Crippen molar-refractivity contribution in [2.45, 2.75) is 32.8 Å². The van der Waals surface area contributed by atoms with Gasteiger partial charge >= 0.3 is 6.09 Å². The van der Waals surface area contributed by atoms with Crippen LogP contribution in [0.25, 0.3) is 0 Å². The van der Waals surface area contributed by atoms with Gasteiger partial charge < -0.3 is 14.8 Å². The van der Waals surface area contributed by atoms with E-state index in [0.717, 1.165) is 0 Å². The highest BCUT2D eigenvalue weighted by molar-refractivity contribution is 5.68. The molecule has 0 aromatic heterocycles. The quantitative estimate of drug-likeness (QED) is 0.430. The Balaban J connectivity index is 3.88. The predicted molar refractivity (Wildman–Crippen MR) is 53.8 cm³/mol. The molecule has 82 valence electrons. The smallest absolute Gasteiger partial charge is 0.410 e. The van der Waals surface area contributed by atoms with E-state index in [1.54, 1.807) is 7.05 Å². The molecule has 0 aliphatic heterocycles. The van der Waals surface area contributed by atoms with Crippen molar-refractivity contribution in [3.63, 3.8) is 0 Å². The molecule has 0 aliphatic rings. The number of hydrogen-bond donors (Lipinski definition) is 1. The lowest BCUT2D eigenvalue weighted by Crippen LogP contribution is -2.34. The highest BCUT2D eigenvalue weighted by Crippen LogP contribution is 2.08. The summed E-state index contributed by atoms with van der Waals surface area (Å²) in [6, 6.07) is 0. The summed E-state index contributed by atoms with van der Waals surface area (Å²) in [5, 5.41) is 11.0. The molecule has 0 saturated heterocycles.